The second kappa shape index (κ2) is 4.99. The summed E-state index contributed by atoms with van der Waals surface area (Å²) in [7, 11) is 4.43. The van der Waals surface area contributed by atoms with Gasteiger partial charge in [-0.25, -0.2) is 0 Å². The summed E-state index contributed by atoms with van der Waals surface area (Å²) in [6.45, 7) is 8.11. The molecule has 4 heteroatoms. The molecule has 3 fully saturated rings. The van der Waals surface area contributed by atoms with Crippen molar-refractivity contribution in [1.82, 2.24) is 14.7 Å². The standard InChI is InChI=1S/C15H30N4/c1-12-8-19(9-14(12)17(2)3)15(10-16)6-7-18(11-15)13-4-5-13/h12-14H,4-11,16H2,1-3H3. The molecule has 0 amide bonds. The van der Waals surface area contributed by atoms with Crippen LogP contribution in [0.15, 0.2) is 0 Å². The molecule has 1 aliphatic carbocycles. The van der Waals surface area contributed by atoms with Crippen molar-refractivity contribution in [3.05, 3.63) is 0 Å². The summed E-state index contributed by atoms with van der Waals surface area (Å²) in [5.41, 5.74) is 6.48. The van der Waals surface area contributed by atoms with Gasteiger partial charge in [0.15, 0.2) is 0 Å². The van der Waals surface area contributed by atoms with Gasteiger partial charge in [0.05, 0.1) is 0 Å². The van der Waals surface area contributed by atoms with E-state index in [1.807, 2.05) is 0 Å². The first-order chi connectivity index (χ1) is 9.05. The average molecular weight is 266 g/mol. The second-order valence-corrected chi connectivity index (χ2v) is 7.29. The zero-order valence-corrected chi connectivity index (χ0v) is 12.8. The van der Waals surface area contributed by atoms with Gasteiger partial charge in [0.2, 0.25) is 0 Å². The lowest BCUT2D eigenvalue weighted by atomic mass is 9.96. The minimum absolute atomic E-state index is 0.265. The zero-order chi connectivity index (χ0) is 13.6. The SMILES string of the molecule is CC1CN(C2(CN)CCN(C3CC3)C2)CC1N(C)C. The number of hydrogen-bond donors (Lipinski definition) is 1. The Hall–Kier alpha value is -0.160. The Kier molecular flexibility index (Phi) is 3.63. The van der Waals surface area contributed by atoms with Crippen molar-refractivity contribution in [2.75, 3.05) is 46.8 Å². The Labute approximate surface area is 117 Å². The van der Waals surface area contributed by atoms with Crippen molar-refractivity contribution < 1.29 is 0 Å². The summed E-state index contributed by atoms with van der Waals surface area (Å²) in [6, 6.07) is 1.58. The Balaban J connectivity index is 1.69. The Morgan fingerprint density at radius 2 is 2.00 bits per heavy atom. The molecule has 110 valence electrons. The molecule has 2 N–H and O–H groups in total. The second-order valence-electron chi connectivity index (χ2n) is 7.29. The number of nitrogens with two attached hydrogens (primary N) is 1. The van der Waals surface area contributed by atoms with E-state index >= 15 is 0 Å². The van der Waals surface area contributed by atoms with Gasteiger partial charge in [-0.3, -0.25) is 9.80 Å². The molecule has 0 radical (unpaired) electrons. The lowest BCUT2D eigenvalue weighted by Gasteiger charge is -2.38. The van der Waals surface area contributed by atoms with E-state index in [1.54, 1.807) is 0 Å². The van der Waals surface area contributed by atoms with E-state index in [-0.39, 0.29) is 5.54 Å². The van der Waals surface area contributed by atoms with Crippen molar-refractivity contribution in [1.29, 1.82) is 0 Å². The molecule has 0 aromatic heterocycles. The Morgan fingerprint density at radius 1 is 1.26 bits per heavy atom. The first-order valence-electron chi connectivity index (χ1n) is 7.91. The van der Waals surface area contributed by atoms with Crippen molar-refractivity contribution in [3.8, 4) is 0 Å². The lowest BCUT2D eigenvalue weighted by molar-refractivity contribution is 0.116. The number of hydrogen-bond acceptors (Lipinski definition) is 4. The first kappa shape index (κ1) is 13.8. The molecule has 0 aromatic rings. The quantitative estimate of drug-likeness (QED) is 0.801. The molecule has 0 bridgehead atoms. The highest BCUT2D eigenvalue weighted by Gasteiger charge is 2.49. The van der Waals surface area contributed by atoms with E-state index < -0.39 is 0 Å². The van der Waals surface area contributed by atoms with Crippen LogP contribution in [-0.2, 0) is 0 Å². The number of nitrogens with zero attached hydrogens (tertiary/aromatic N) is 3. The highest BCUT2D eigenvalue weighted by Crippen LogP contribution is 2.38. The van der Waals surface area contributed by atoms with Gasteiger partial charge in [0.25, 0.3) is 0 Å². The molecule has 2 heterocycles. The molecule has 0 spiro atoms. The van der Waals surface area contributed by atoms with Gasteiger partial charge >= 0.3 is 0 Å². The van der Waals surface area contributed by atoms with E-state index in [4.69, 9.17) is 5.73 Å². The van der Waals surface area contributed by atoms with Gasteiger partial charge in [-0.2, -0.15) is 0 Å². The fourth-order valence-corrected chi connectivity index (χ4v) is 4.20. The van der Waals surface area contributed by atoms with Gasteiger partial charge in [-0.05, 0) is 39.3 Å². The average Bonchev–Trinajstić information content (AvgIpc) is 3.00. The van der Waals surface area contributed by atoms with Gasteiger partial charge in [0.1, 0.15) is 0 Å². The molecule has 19 heavy (non-hydrogen) atoms. The minimum atomic E-state index is 0.265. The molecule has 3 unspecified atom stereocenters. The predicted octanol–water partition coefficient (Wildman–Crippen LogP) is 0.434. The highest BCUT2D eigenvalue weighted by atomic mass is 15.3. The van der Waals surface area contributed by atoms with Crippen LogP contribution in [0.2, 0.25) is 0 Å². The number of rotatable bonds is 4. The normalized spacial score (nSPS) is 41.5. The third-order valence-corrected chi connectivity index (χ3v) is 5.71. The molecular formula is C15H30N4. The maximum Gasteiger partial charge on any atom is 0.0471 e. The lowest BCUT2D eigenvalue weighted by Crippen LogP contribution is -2.55. The predicted molar refractivity (Wildman–Crippen MR) is 79.2 cm³/mol. The van der Waals surface area contributed by atoms with E-state index in [9.17, 15) is 0 Å². The Bertz CT molecular complexity index is 328. The molecule has 3 atom stereocenters. The van der Waals surface area contributed by atoms with Crippen LogP contribution in [0.25, 0.3) is 0 Å². The maximum absolute atomic E-state index is 6.22. The summed E-state index contributed by atoms with van der Waals surface area (Å²) >= 11 is 0. The van der Waals surface area contributed by atoms with Crippen LogP contribution in [-0.4, -0.2) is 79.1 Å². The molecule has 2 saturated heterocycles. The third-order valence-electron chi connectivity index (χ3n) is 5.71. The Morgan fingerprint density at radius 3 is 2.53 bits per heavy atom. The molecule has 4 nitrogen and oxygen atoms in total. The van der Waals surface area contributed by atoms with Crippen LogP contribution in [0.1, 0.15) is 26.2 Å². The number of likely N-dealkylation sites (tertiary alicyclic amines) is 2. The number of likely N-dealkylation sites (N-methyl/N-ethyl adjacent to an activating group) is 1. The monoisotopic (exact) mass is 266 g/mol. The fraction of sp³-hybridized carbons (Fsp3) is 1.00. The molecule has 2 aliphatic heterocycles. The summed E-state index contributed by atoms with van der Waals surface area (Å²) in [5.74, 6) is 0.758. The molecule has 3 aliphatic rings. The molecule has 0 aromatic carbocycles. The van der Waals surface area contributed by atoms with E-state index in [0.29, 0.717) is 6.04 Å². The van der Waals surface area contributed by atoms with E-state index in [2.05, 4.69) is 35.7 Å². The smallest absolute Gasteiger partial charge is 0.0471 e. The maximum atomic E-state index is 6.22. The molecule has 1 saturated carbocycles. The van der Waals surface area contributed by atoms with Crippen molar-refractivity contribution in [2.24, 2.45) is 11.7 Å². The van der Waals surface area contributed by atoms with Gasteiger partial charge in [-0.1, -0.05) is 6.92 Å². The minimum Gasteiger partial charge on any atom is -0.329 e. The van der Waals surface area contributed by atoms with Crippen molar-refractivity contribution in [2.45, 2.75) is 43.8 Å². The summed E-state index contributed by atoms with van der Waals surface area (Å²) in [4.78, 5) is 7.80. The largest absolute Gasteiger partial charge is 0.329 e. The van der Waals surface area contributed by atoms with Crippen molar-refractivity contribution >= 4 is 0 Å². The van der Waals surface area contributed by atoms with Crippen molar-refractivity contribution in [3.63, 3.8) is 0 Å². The summed E-state index contributed by atoms with van der Waals surface area (Å²) in [6.07, 6.45) is 4.10. The van der Waals surface area contributed by atoms with E-state index in [0.717, 1.165) is 18.5 Å². The van der Waals surface area contributed by atoms with Gasteiger partial charge < -0.3 is 10.6 Å². The topological polar surface area (TPSA) is 35.7 Å². The third kappa shape index (κ3) is 2.44. The van der Waals surface area contributed by atoms with E-state index in [1.165, 1.54) is 45.4 Å². The van der Waals surface area contributed by atoms with Crippen LogP contribution in [0.5, 0.6) is 0 Å². The summed E-state index contributed by atoms with van der Waals surface area (Å²) < 4.78 is 0. The van der Waals surface area contributed by atoms with Crippen LogP contribution in [0.3, 0.4) is 0 Å². The first-order valence-corrected chi connectivity index (χ1v) is 7.91. The van der Waals surface area contributed by atoms with Gasteiger partial charge in [0, 0.05) is 50.3 Å². The highest BCUT2D eigenvalue weighted by molar-refractivity contribution is 5.06. The fourth-order valence-electron chi connectivity index (χ4n) is 4.20. The van der Waals surface area contributed by atoms with Crippen LogP contribution < -0.4 is 5.73 Å². The molecular weight excluding hydrogens is 236 g/mol. The van der Waals surface area contributed by atoms with Crippen LogP contribution in [0, 0.1) is 5.92 Å². The van der Waals surface area contributed by atoms with Crippen LogP contribution >= 0.6 is 0 Å². The van der Waals surface area contributed by atoms with Crippen LogP contribution in [0.4, 0.5) is 0 Å². The molecule has 3 rings (SSSR count). The summed E-state index contributed by atoms with van der Waals surface area (Å²) in [5, 5.41) is 0. The zero-order valence-electron chi connectivity index (χ0n) is 12.8. The van der Waals surface area contributed by atoms with Gasteiger partial charge in [-0.15, -0.1) is 0 Å².